The van der Waals surface area contributed by atoms with Gasteiger partial charge in [-0.15, -0.1) is 0 Å². The van der Waals surface area contributed by atoms with Crippen molar-refractivity contribution in [3.05, 3.63) is 0 Å². The first-order chi connectivity index (χ1) is 7.79. The summed E-state index contributed by atoms with van der Waals surface area (Å²) >= 11 is 0. The normalized spacial score (nSPS) is 30.0. The Balaban J connectivity index is 1.86. The van der Waals surface area contributed by atoms with E-state index in [1.54, 1.807) is 0 Å². The Labute approximate surface area is 98.9 Å². The van der Waals surface area contributed by atoms with Crippen molar-refractivity contribution in [2.75, 3.05) is 26.9 Å². The van der Waals surface area contributed by atoms with E-state index in [9.17, 15) is 0 Å². The molecule has 2 unspecified atom stereocenters. The van der Waals surface area contributed by atoms with E-state index >= 15 is 0 Å². The summed E-state index contributed by atoms with van der Waals surface area (Å²) in [6.45, 7) is 4.65. The lowest BCUT2D eigenvalue weighted by molar-refractivity contribution is -0.149. The Bertz CT molecular complexity index is 216. The molecule has 16 heavy (non-hydrogen) atoms. The highest BCUT2D eigenvalue weighted by Gasteiger charge is 2.44. The van der Waals surface area contributed by atoms with Gasteiger partial charge in [-0.1, -0.05) is 0 Å². The summed E-state index contributed by atoms with van der Waals surface area (Å²) in [4.78, 5) is 0. The van der Waals surface area contributed by atoms with Crippen LogP contribution in [0.1, 0.15) is 39.0 Å². The Morgan fingerprint density at radius 2 is 2.31 bits per heavy atom. The van der Waals surface area contributed by atoms with E-state index in [1.807, 2.05) is 7.05 Å². The Hall–Kier alpha value is -0.120. The van der Waals surface area contributed by atoms with Crippen LogP contribution in [0.2, 0.25) is 0 Å². The van der Waals surface area contributed by atoms with Crippen LogP contribution in [-0.2, 0) is 9.47 Å². The topological polar surface area (TPSA) is 30.5 Å². The smallest absolute Gasteiger partial charge is 0.0685 e. The summed E-state index contributed by atoms with van der Waals surface area (Å²) in [5, 5.41) is 3.41. The molecular weight excluding hydrogens is 202 g/mol. The number of hydrogen-bond acceptors (Lipinski definition) is 3. The lowest BCUT2D eigenvalue weighted by Crippen LogP contribution is -2.50. The lowest BCUT2D eigenvalue weighted by atomic mass is 9.70. The summed E-state index contributed by atoms with van der Waals surface area (Å²) in [5.74, 6) is 0.727. The van der Waals surface area contributed by atoms with Gasteiger partial charge in [-0.2, -0.15) is 0 Å². The molecule has 0 amide bonds. The van der Waals surface area contributed by atoms with Crippen molar-refractivity contribution < 1.29 is 9.47 Å². The zero-order valence-electron chi connectivity index (χ0n) is 10.6. The van der Waals surface area contributed by atoms with Gasteiger partial charge in [0, 0.05) is 19.3 Å². The summed E-state index contributed by atoms with van der Waals surface area (Å²) in [5.41, 5.74) is 0.254. The fourth-order valence-electron chi connectivity index (χ4n) is 3.03. The van der Waals surface area contributed by atoms with Crippen LogP contribution in [0.25, 0.3) is 0 Å². The average molecular weight is 227 g/mol. The average Bonchev–Trinajstić information content (AvgIpc) is 2.28. The minimum atomic E-state index is 0.254. The zero-order valence-corrected chi connectivity index (χ0v) is 10.6. The lowest BCUT2D eigenvalue weighted by Gasteiger charge is -2.48. The molecule has 1 aliphatic heterocycles. The summed E-state index contributed by atoms with van der Waals surface area (Å²) < 4.78 is 11.5. The number of nitrogens with one attached hydrogen (secondary N) is 1. The van der Waals surface area contributed by atoms with Crippen molar-refractivity contribution in [3.8, 4) is 0 Å². The fraction of sp³-hybridized carbons (Fsp3) is 1.00. The maximum absolute atomic E-state index is 5.96. The summed E-state index contributed by atoms with van der Waals surface area (Å²) in [7, 11) is 2.05. The van der Waals surface area contributed by atoms with Gasteiger partial charge in [-0.25, -0.2) is 0 Å². The SMILES string of the molecule is CCOCC(NC)C1CCOC2(CCC2)C1. The van der Waals surface area contributed by atoms with Crippen LogP contribution in [0.4, 0.5) is 0 Å². The molecule has 2 rings (SSSR count). The van der Waals surface area contributed by atoms with E-state index in [1.165, 1.54) is 32.1 Å². The third-order valence-corrected chi connectivity index (χ3v) is 4.24. The first kappa shape index (κ1) is 12.3. The standard InChI is InChI=1S/C13H25NO2/c1-3-15-10-12(14-2)11-5-8-16-13(9-11)6-4-7-13/h11-12,14H,3-10H2,1-2H3. The molecule has 1 saturated carbocycles. The molecule has 1 N–H and O–H groups in total. The van der Waals surface area contributed by atoms with E-state index in [4.69, 9.17) is 9.47 Å². The van der Waals surface area contributed by atoms with Crippen LogP contribution in [0.3, 0.4) is 0 Å². The third kappa shape index (κ3) is 2.58. The molecule has 1 spiro atoms. The molecular formula is C13H25NO2. The minimum absolute atomic E-state index is 0.254. The van der Waals surface area contributed by atoms with Crippen molar-refractivity contribution in [1.82, 2.24) is 5.32 Å². The van der Waals surface area contributed by atoms with Crippen molar-refractivity contribution in [1.29, 1.82) is 0 Å². The molecule has 0 radical (unpaired) electrons. The summed E-state index contributed by atoms with van der Waals surface area (Å²) in [6.07, 6.45) is 6.30. The van der Waals surface area contributed by atoms with E-state index in [-0.39, 0.29) is 5.60 Å². The molecule has 0 aromatic carbocycles. The summed E-state index contributed by atoms with van der Waals surface area (Å²) in [6, 6.07) is 0.501. The van der Waals surface area contributed by atoms with Gasteiger partial charge in [0.1, 0.15) is 0 Å². The van der Waals surface area contributed by atoms with Crippen LogP contribution in [0.15, 0.2) is 0 Å². The van der Waals surface area contributed by atoms with Gasteiger partial charge in [-0.05, 0) is 52.0 Å². The van der Waals surface area contributed by atoms with E-state index < -0.39 is 0 Å². The second-order valence-electron chi connectivity index (χ2n) is 5.19. The van der Waals surface area contributed by atoms with Crippen molar-refractivity contribution in [3.63, 3.8) is 0 Å². The molecule has 0 aromatic heterocycles. The quantitative estimate of drug-likeness (QED) is 0.779. The fourth-order valence-corrected chi connectivity index (χ4v) is 3.03. The highest BCUT2D eigenvalue weighted by Crippen LogP contribution is 2.44. The Morgan fingerprint density at radius 3 is 2.88 bits per heavy atom. The van der Waals surface area contributed by atoms with Gasteiger partial charge in [0.15, 0.2) is 0 Å². The molecule has 2 atom stereocenters. The Morgan fingerprint density at radius 1 is 1.50 bits per heavy atom. The zero-order chi connectivity index (χ0) is 11.4. The molecule has 2 fully saturated rings. The van der Waals surface area contributed by atoms with Crippen LogP contribution >= 0.6 is 0 Å². The first-order valence-electron chi connectivity index (χ1n) is 6.68. The van der Waals surface area contributed by atoms with Crippen LogP contribution < -0.4 is 5.32 Å². The molecule has 0 aromatic rings. The highest BCUT2D eigenvalue weighted by atomic mass is 16.5. The number of likely N-dealkylation sites (N-methyl/N-ethyl adjacent to an activating group) is 1. The number of hydrogen-bond donors (Lipinski definition) is 1. The molecule has 1 saturated heterocycles. The predicted molar refractivity (Wildman–Crippen MR) is 64.6 cm³/mol. The highest BCUT2D eigenvalue weighted by molar-refractivity contribution is 4.96. The van der Waals surface area contributed by atoms with Gasteiger partial charge in [-0.3, -0.25) is 0 Å². The number of rotatable bonds is 5. The van der Waals surface area contributed by atoms with Gasteiger partial charge in [0.2, 0.25) is 0 Å². The van der Waals surface area contributed by atoms with Gasteiger partial charge < -0.3 is 14.8 Å². The molecule has 1 heterocycles. The number of ether oxygens (including phenoxy) is 2. The second-order valence-corrected chi connectivity index (χ2v) is 5.19. The van der Waals surface area contributed by atoms with Gasteiger partial charge in [0.25, 0.3) is 0 Å². The van der Waals surface area contributed by atoms with Gasteiger partial charge in [0.05, 0.1) is 12.2 Å². The van der Waals surface area contributed by atoms with Crippen LogP contribution in [0.5, 0.6) is 0 Å². The molecule has 2 aliphatic rings. The minimum Gasteiger partial charge on any atom is -0.380 e. The molecule has 3 heteroatoms. The van der Waals surface area contributed by atoms with Crippen molar-refractivity contribution in [2.45, 2.75) is 50.7 Å². The second kappa shape index (κ2) is 5.48. The maximum Gasteiger partial charge on any atom is 0.0685 e. The monoisotopic (exact) mass is 227 g/mol. The van der Waals surface area contributed by atoms with Crippen molar-refractivity contribution >= 4 is 0 Å². The molecule has 3 nitrogen and oxygen atoms in total. The largest absolute Gasteiger partial charge is 0.380 e. The third-order valence-electron chi connectivity index (χ3n) is 4.24. The molecule has 94 valence electrons. The predicted octanol–water partition coefficient (Wildman–Crippen LogP) is 1.96. The molecule has 1 aliphatic carbocycles. The van der Waals surface area contributed by atoms with Crippen LogP contribution in [-0.4, -0.2) is 38.5 Å². The maximum atomic E-state index is 5.96. The van der Waals surface area contributed by atoms with E-state index in [0.717, 1.165) is 25.7 Å². The van der Waals surface area contributed by atoms with Crippen molar-refractivity contribution in [2.24, 2.45) is 5.92 Å². The van der Waals surface area contributed by atoms with Crippen LogP contribution in [0, 0.1) is 5.92 Å². The van der Waals surface area contributed by atoms with E-state index in [0.29, 0.717) is 6.04 Å². The first-order valence-corrected chi connectivity index (χ1v) is 6.68. The Kier molecular flexibility index (Phi) is 4.22. The molecule has 0 bridgehead atoms. The van der Waals surface area contributed by atoms with E-state index in [2.05, 4.69) is 12.2 Å². The van der Waals surface area contributed by atoms with Gasteiger partial charge >= 0.3 is 0 Å².